The van der Waals surface area contributed by atoms with Gasteiger partial charge in [0, 0.05) is 11.3 Å². The molecule has 0 aliphatic heterocycles. The second-order valence-corrected chi connectivity index (χ2v) is 6.88. The van der Waals surface area contributed by atoms with Gasteiger partial charge in [-0.05, 0) is 64.5 Å². The lowest BCUT2D eigenvalue weighted by Gasteiger charge is -2.09. The molecule has 4 aromatic rings. The first-order valence-electron chi connectivity index (χ1n) is 8.39. The van der Waals surface area contributed by atoms with Crippen molar-refractivity contribution in [2.24, 2.45) is 0 Å². The summed E-state index contributed by atoms with van der Waals surface area (Å²) in [6.07, 6.45) is 0. The zero-order valence-electron chi connectivity index (χ0n) is 14.8. The minimum absolute atomic E-state index is 0.0109. The summed E-state index contributed by atoms with van der Waals surface area (Å²) in [4.78, 5) is 17.0. The molecule has 4 rings (SSSR count). The van der Waals surface area contributed by atoms with E-state index in [0.717, 1.165) is 0 Å². The number of carbonyl (C=O) groups is 1. The molecule has 0 saturated heterocycles. The number of anilines is 1. The van der Waals surface area contributed by atoms with Crippen LogP contribution in [0.3, 0.4) is 0 Å². The number of oxazole rings is 1. The highest BCUT2D eigenvalue weighted by Crippen LogP contribution is 2.33. The van der Waals surface area contributed by atoms with Gasteiger partial charge in [0.05, 0.1) is 17.1 Å². The Hall–Kier alpha value is -3.32. The van der Waals surface area contributed by atoms with Gasteiger partial charge >= 0.3 is 0 Å². The number of aromatic nitrogens is 1. The number of hydrogen-bond donors (Lipinski definition) is 2. The Balaban J connectivity index is 1.63. The number of para-hydroxylation sites is 2. The Morgan fingerprint density at radius 2 is 1.96 bits per heavy atom. The molecule has 0 saturated carbocycles. The fraction of sp³-hybridized carbons (Fsp3) is 0.0476. The highest BCUT2D eigenvalue weighted by Gasteiger charge is 2.15. The predicted molar refractivity (Wildman–Crippen MR) is 110 cm³/mol. The van der Waals surface area contributed by atoms with Crippen LogP contribution in [0.15, 0.2) is 69.6 Å². The van der Waals surface area contributed by atoms with Gasteiger partial charge in [-0.3, -0.25) is 4.79 Å². The zero-order chi connectivity index (χ0) is 19.7. The van der Waals surface area contributed by atoms with E-state index in [-0.39, 0.29) is 17.5 Å². The van der Waals surface area contributed by atoms with Crippen molar-refractivity contribution in [3.05, 3.63) is 70.7 Å². The predicted octanol–water partition coefficient (Wildman–Crippen LogP) is 5.22. The number of methoxy groups -OCH3 is 1. The maximum Gasteiger partial charge on any atom is 0.255 e. The Bertz CT molecular complexity index is 1150. The Kier molecular flexibility index (Phi) is 4.75. The summed E-state index contributed by atoms with van der Waals surface area (Å²) in [5.74, 6) is 0.635. The third kappa shape index (κ3) is 3.44. The largest absolute Gasteiger partial charge is 0.507 e. The Labute approximate surface area is 168 Å². The molecule has 1 aromatic heterocycles. The molecule has 0 radical (unpaired) electrons. The molecule has 0 unspecified atom stereocenters. The smallest absolute Gasteiger partial charge is 0.255 e. The van der Waals surface area contributed by atoms with Crippen LogP contribution in [0.1, 0.15) is 10.4 Å². The van der Waals surface area contributed by atoms with Crippen molar-refractivity contribution in [2.75, 3.05) is 12.4 Å². The van der Waals surface area contributed by atoms with E-state index in [1.807, 2.05) is 18.2 Å². The minimum Gasteiger partial charge on any atom is -0.507 e. The van der Waals surface area contributed by atoms with Gasteiger partial charge in [0.1, 0.15) is 17.0 Å². The third-order valence-electron chi connectivity index (χ3n) is 4.19. The quantitative estimate of drug-likeness (QED) is 0.426. The van der Waals surface area contributed by atoms with Gasteiger partial charge in [0.25, 0.3) is 5.91 Å². The van der Waals surface area contributed by atoms with Crippen LogP contribution in [-0.4, -0.2) is 23.1 Å². The fourth-order valence-electron chi connectivity index (χ4n) is 2.78. The first kappa shape index (κ1) is 18.1. The number of hydrogen-bond acceptors (Lipinski definition) is 5. The highest BCUT2D eigenvalue weighted by molar-refractivity contribution is 9.10. The van der Waals surface area contributed by atoms with Crippen LogP contribution in [0.4, 0.5) is 5.69 Å². The van der Waals surface area contributed by atoms with Crippen molar-refractivity contribution in [2.45, 2.75) is 0 Å². The SMILES string of the molecule is COc1ccc(C(=O)Nc2ccc(O)c(-c3nc4ccccc4o3)c2)cc1Br. The summed E-state index contributed by atoms with van der Waals surface area (Å²) in [5.41, 5.74) is 2.67. The zero-order valence-corrected chi connectivity index (χ0v) is 16.4. The normalized spacial score (nSPS) is 10.8. The standard InChI is InChI=1S/C21H15BrN2O4/c1-27-18-9-6-12(10-15(18)22)20(26)23-13-7-8-17(25)14(11-13)21-24-16-4-2-3-5-19(16)28-21/h2-11,25H,1H3,(H,23,26). The topological polar surface area (TPSA) is 84.6 Å². The molecule has 6 nitrogen and oxygen atoms in total. The van der Waals surface area contributed by atoms with Crippen molar-refractivity contribution in [3.63, 3.8) is 0 Å². The molecular formula is C21H15BrN2O4. The summed E-state index contributed by atoms with van der Waals surface area (Å²) >= 11 is 3.37. The molecule has 7 heteroatoms. The molecule has 1 amide bonds. The van der Waals surface area contributed by atoms with E-state index >= 15 is 0 Å². The van der Waals surface area contributed by atoms with Crippen molar-refractivity contribution in [1.29, 1.82) is 0 Å². The maximum absolute atomic E-state index is 12.6. The van der Waals surface area contributed by atoms with Crippen molar-refractivity contribution >= 4 is 38.6 Å². The van der Waals surface area contributed by atoms with Crippen LogP contribution >= 0.6 is 15.9 Å². The second kappa shape index (κ2) is 7.36. The number of benzene rings is 3. The molecule has 0 aliphatic carbocycles. The first-order valence-corrected chi connectivity index (χ1v) is 9.18. The number of nitrogens with zero attached hydrogens (tertiary/aromatic N) is 1. The fourth-order valence-corrected chi connectivity index (χ4v) is 3.32. The maximum atomic E-state index is 12.6. The number of rotatable bonds is 4. The Morgan fingerprint density at radius 3 is 2.71 bits per heavy atom. The summed E-state index contributed by atoms with van der Waals surface area (Å²) in [7, 11) is 1.56. The summed E-state index contributed by atoms with van der Waals surface area (Å²) in [5, 5.41) is 13.0. The van der Waals surface area contributed by atoms with Gasteiger partial charge in [-0.1, -0.05) is 12.1 Å². The summed E-state index contributed by atoms with van der Waals surface area (Å²) in [6.45, 7) is 0. The lowest BCUT2D eigenvalue weighted by Crippen LogP contribution is -2.12. The van der Waals surface area contributed by atoms with E-state index in [4.69, 9.17) is 9.15 Å². The van der Waals surface area contributed by atoms with Crippen LogP contribution in [-0.2, 0) is 0 Å². The van der Waals surface area contributed by atoms with Crippen molar-refractivity contribution in [3.8, 4) is 23.0 Å². The monoisotopic (exact) mass is 438 g/mol. The van der Waals surface area contributed by atoms with Crippen molar-refractivity contribution in [1.82, 2.24) is 4.98 Å². The number of aromatic hydroxyl groups is 1. The molecule has 0 atom stereocenters. The van der Waals surface area contributed by atoms with Crippen LogP contribution < -0.4 is 10.1 Å². The number of ether oxygens (including phenoxy) is 1. The summed E-state index contributed by atoms with van der Waals surface area (Å²) in [6, 6.07) is 17.1. The van der Waals surface area contributed by atoms with E-state index in [1.54, 1.807) is 43.5 Å². The number of halogens is 1. The number of phenolic OH excluding ortho intramolecular Hbond substituents is 1. The van der Waals surface area contributed by atoms with Crippen LogP contribution in [0.2, 0.25) is 0 Å². The van der Waals surface area contributed by atoms with Gasteiger partial charge in [-0.15, -0.1) is 0 Å². The average molecular weight is 439 g/mol. The van der Waals surface area contributed by atoms with Gasteiger partial charge < -0.3 is 19.6 Å². The molecule has 2 N–H and O–H groups in total. The van der Waals surface area contributed by atoms with Gasteiger partial charge in [0.15, 0.2) is 5.58 Å². The number of amides is 1. The van der Waals surface area contributed by atoms with Crippen LogP contribution in [0.25, 0.3) is 22.6 Å². The molecule has 28 heavy (non-hydrogen) atoms. The van der Waals surface area contributed by atoms with Crippen molar-refractivity contribution < 1.29 is 19.1 Å². The molecule has 0 aliphatic rings. The van der Waals surface area contributed by atoms with Crippen LogP contribution in [0.5, 0.6) is 11.5 Å². The van der Waals surface area contributed by atoms with Gasteiger partial charge in [-0.2, -0.15) is 0 Å². The molecule has 0 spiro atoms. The van der Waals surface area contributed by atoms with Crippen LogP contribution in [0, 0.1) is 0 Å². The molecule has 1 heterocycles. The molecule has 0 fully saturated rings. The van der Waals surface area contributed by atoms with E-state index in [9.17, 15) is 9.90 Å². The lowest BCUT2D eigenvalue weighted by molar-refractivity contribution is 0.102. The molecule has 3 aromatic carbocycles. The number of carbonyl (C=O) groups excluding carboxylic acids is 1. The lowest BCUT2D eigenvalue weighted by atomic mass is 10.1. The van der Waals surface area contributed by atoms with Gasteiger partial charge in [-0.25, -0.2) is 4.98 Å². The summed E-state index contributed by atoms with van der Waals surface area (Å²) < 4.78 is 11.6. The van der Waals surface area contributed by atoms with E-state index in [1.165, 1.54) is 6.07 Å². The van der Waals surface area contributed by atoms with Gasteiger partial charge in [0.2, 0.25) is 5.89 Å². The minimum atomic E-state index is -0.294. The Morgan fingerprint density at radius 1 is 1.14 bits per heavy atom. The first-order chi connectivity index (χ1) is 13.5. The van der Waals surface area contributed by atoms with E-state index < -0.39 is 0 Å². The molecule has 0 bridgehead atoms. The average Bonchev–Trinajstić information content (AvgIpc) is 3.13. The number of phenols is 1. The highest BCUT2D eigenvalue weighted by atomic mass is 79.9. The molecule has 140 valence electrons. The van der Waals surface area contributed by atoms with E-state index in [0.29, 0.717) is 38.1 Å². The number of fused-ring (bicyclic) bond motifs is 1. The third-order valence-corrected chi connectivity index (χ3v) is 4.81. The second-order valence-electron chi connectivity index (χ2n) is 6.02. The number of nitrogens with one attached hydrogen (secondary N) is 1. The molecular weight excluding hydrogens is 424 g/mol. The van der Waals surface area contributed by atoms with E-state index in [2.05, 4.69) is 26.2 Å².